The molecular weight excluding hydrogens is 232 g/mol. The third-order valence-electron chi connectivity index (χ3n) is 2.58. The first-order chi connectivity index (χ1) is 8.60. The highest BCUT2D eigenvalue weighted by Gasteiger charge is 2.13. The largest absolute Gasteiger partial charge is 0.481 e. The van der Waals surface area contributed by atoms with E-state index in [4.69, 9.17) is 9.84 Å². The summed E-state index contributed by atoms with van der Waals surface area (Å²) in [5.41, 5.74) is 2.02. The van der Waals surface area contributed by atoms with E-state index < -0.39 is 11.9 Å². The predicted octanol–water partition coefficient (Wildman–Crippen LogP) is 2.74. The van der Waals surface area contributed by atoms with Gasteiger partial charge in [0, 0.05) is 0 Å². The fourth-order valence-electron chi connectivity index (χ4n) is 1.71. The summed E-state index contributed by atoms with van der Waals surface area (Å²) in [6, 6.07) is 7.03. The first-order valence-corrected chi connectivity index (χ1v) is 5.68. The van der Waals surface area contributed by atoms with Crippen molar-refractivity contribution in [2.45, 2.75) is 19.8 Å². The second kappa shape index (κ2) is 6.59. The quantitative estimate of drug-likeness (QED) is 0.814. The number of ether oxygens (including phenoxy) is 1. The zero-order valence-electron chi connectivity index (χ0n) is 10.5. The number of carboxylic acids is 1. The fraction of sp³-hybridized carbons (Fsp3) is 0.286. The molecule has 18 heavy (non-hydrogen) atoms. The molecule has 0 fully saturated rings. The van der Waals surface area contributed by atoms with Crippen molar-refractivity contribution in [3.8, 4) is 0 Å². The Labute approximate surface area is 106 Å². The van der Waals surface area contributed by atoms with E-state index in [1.165, 1.54) is 7.11 Å². The van der Waals surface area contributed by atoms with Crippen LogP contribution in [0.5, 0.6) is 0 Å². The topological polar surface area (TPSA) is 63.6 Å². The Morgan fingerprint density at radius 2 is 1.89 bits per heavy atom. The Kier molecular flexibility index (Phi) is 5.11. The van der Waals surface area contributed by atoms with Crippen molar-refractivity contribution in [2.24, 2.45) is 0 Å². The van der Waals surface area contributed by atoms with Crippen molar-refractivity contribution in [3.05, 3.63) is 41.5 Å². The maximum Gasteiger partial charge on any atom is 0.338 e. The molecule has 0 spiro atoms. The van der Waals surface area contributed by atoms with Gasteiger partial charge in [0.2, 0.25) is 0 Å². The highest BCUT2D eigenvalue weighted by molar-refractivity contribution is 5.95. The molecule has 1 N–H and O–H groups in total. The summed E-state index contributed by atoms with van der Waals surface area (Å²) in [6.45, 7) is 1.92. The second-order valence-electron chi connectivity index (χ2n) is 3.72. The molecule has 0 heterocycles. The molecule has 4 heteroatoms. The molecule has 0 saturated carbocycles. The fourth-order valence-corrected chi connectivity index (χ4v) is 1.71. The lowest BCUT2D eigenvalue weighted by atomic mass is 9.97. The molecule has 96 valence electrons. The maximum absolute atomic E-state index is 11.6. The lowest BCUT2D eigenvalue weighted by molar-refractivity contribution is -0.135. The zero-order valence-corrected chi connectivity index (χ0v) is 10.5. The van der Waals surface area contributed by atoms with Gasteiger partial charge in [-0.25, -0.2) is 4.79 Å². The molecule has 0 atom stereocenters. The van der Waals surface area contributed by atoms with Gasteiger partial charge in [-0.3, -0.25) is 4.79 Å². The first-order valence-electron chi connectivity index (χ1n) is 5.68. The third-order valence-corrected chi connectivity index (χ3v) is 2.58. The number of esters is 1. The van der Waals surface area contributed by atoms with Crippen LogP contribution in [0.1, 0.15) is 35.7 Å². The molecular formula is C14H16O4. The van der Waals surface area contributed by atoms with Gasteiger partial charge in [-0.15, -0.1) is 0 Å². The minimum Gasteiger partial charge on any atom is -0.481 e. The Hall–Kier alpha value is -2.10. The van der Waals surface area contributed by atoms with Gasteiger partial charge in [0.15, 0.2) is 0 Å². The number of methoxy groups -OCH3 is 1. The summed E-state index contributed by atoms with van der Waals surface area (Å²) in [4.78, 5) is 22.2. The Morgan fingerprint density at radius 1 is 1.28 bits per heavy atom. The van der Waals surface area contributed by atoms with Crippen molar-refractivity contribution in [1.82, 2.24) is 0 Å². The Bertz CT molecular complexity index is 474. The van der Waals surface area contributed by atoms with E-state index in [0.29, 0.717) is 12.0 Å². The monoisotopic (exact) mass is 248 g/mol. The SMILES string of the molecule is CC/C(=C\CC(=O)O)c1ccccc1C(=O)OC. The van der Waals surface area contributed by atoms with Gasteiger partial charge in [0.05, 0.1) is 19.1 Å². The lowest BCUT2D eigenvalue weighted by Gasteiger charge is -2.10. The van der Waals surface area contributed by atoms with Gasteiger partial charge < -0.3 is 9.84 Å². The van der Waals surface area contributed by atoms with Crippen molar-refractivity contribution in [2.75, 3.05) is 7.11 Å². The molecule has 0 bridgehead atoms. The number of hydrogen-bond donors (Lipinski definition) is 1. The van der Waals surface area contributed by atoms with Crippen LogP contribution in [0.15, 0.2) is 30.3 Å². The van der Waals surface area contributed by atoms with E-state index in [2.05, 4.69) is 0 Å². The van der Waals surface area contributed by atoms with Crippen LogP contribution in [0.2, 0.25) is 0 Å². The van der Waals surface area contributed by atoms with Crippen molar-refractivity contribution in [1.29, 1.82) is 0 Å². The molecule has 0 aliphatic carbocycles. The number of carboxylic acid groups (broad SMARTS) is 1. The number of allylic oxidation sites excluding steroid dienone is 1. The van der Waals surface area contributed by atoms with Gasteiger partial charge in [-0.1, -0.05) is 31.2 Å². The number of benzene rings is 1. The molecule has 1 aromatic carbocycles. The molecule has 1 rings (SSSR count). The van der Waals surface area contributed by atoms with Crippen LogP contribution in [0.4, 0.5) is 0 Å². The van der Waals surface area contributed by atoms with Crippen molar-refractivity contribution < 1.29 is 19.4 Å². The lowest BCUT2D eigenvalue weighted by Crippen LogP contribution is -2.05. The molecule has 0 amide bonds. The number of aliphatic carboxylic acids is 1. The molecule has 0 aromatic heterocycles. The van der Waals surface area contributed by atoms with E-state index in [1.54, 1.807) is 24.3 Å². The smallest absolute Gasteiger partial charge is 0.338 e. The second-order valence-corrected chi connectivity index (χ2v) is 3.72. The van der Waals surface area contributed by atoms with Gasteiger partial charge in [-0.05, 0) is 23.6 Å². The summed E-state index contributed by atoms with van der Waals surface area (Å²) in [6.07, 6.45) is 2.23. The average Bonchev–Trinajstić information content (AvgIpc) is 2.38. The maximum atomic E-state index is 11.6. The zero-order chi connectivity index (χ0) is 13.5. The summed E-state index contributed by atoms with van der Waals surface area (Å²) < 4.78 is 4.71. The minimum atomic E-state index is -0.892. The van der Waals surface area contributed by atoms with Gasteiger partial charge in [0.25, 0.3) is 0 Å². The van der Waals surface area contributed by atoms with Crippen LogP contribution < -0.4 is 0 Å². The van der Waals surface area contributed by atoms with E-state index >= 15 is 0 Å². The number of hydrogen-bond acceptors (Lipinski definition) is 3. The summed E-state index contributed by atoms with van der Waals surface area (Å²) >= 11 is 0. The molecule has 0 saturated heterocycles. The minimum absolute atomic E-state index is 0.0569. The van der Waals surface area contributed by atoms with Crippen LogP contribution in [0, 0.1) is 0 Å². The van der Waals surface area contributed by atoms with Crippen LogP contribution >= 0.6 is 0 Å². The molecule has 0 unspecified atom stereocenters. The molecule has 1 aromatic rings. The van der Waals surface area contributed by atoms with Crippen LogP contribution in [-0.2, 0) is 9.53 Å². The normalized spacial score (nSPS) is 11.1. The summed E-state index contributed by atoms with van der Waals surface area (Å²) in [5.74, 6) is -1.31. The third kappa shape index (κ3) is 3.45. The van der Waals surface area contributed by atoms with Gasteiger partial charge >= 0.3 is 11.9 Å². The van der Waals surface area contributed by atoms with Crippen molar-refractivity contribution >= 4 is 17.5 Å². The average molecular weight is 248 g/mol. The molecule has 0 radical (unpaired) electrons. The summed E-state index contributed by atoms with van der Waals surface area (Å²) in [5, 5.41) is 8.69. The van der Waals surface area contributed by atoms with Crippen LogP contribution in [0.25, 0.3) is 5.57 Å². The number of carbonyl (C=O) groups is 2. The van der Waals surface area contributed by atoms with E-state index in [-0.39, 0.29) is 6.42 Å². The summed E-state index contributed by atoms with van der Waals surface area (Å²) in [7, 11) is 1.33. The highest BCUT2D eigenvalue weighted by atomic mass is 16.5. The van der Waals surface area contributed by atoms with E-state index in [1.807, 2.05) is 13.0 Å². The van der Waals surface area contributed by atoms with Crippen LogP contribution in [-0.4, -0.2) is 24.2 Å². The number of carbonyl (C=O) groups excluding carboxylic acids is 1. The Balaban J connectivity index is 3.17. The van der Waals surface area contributed by atoms with Crippen LogP contribution in [0.3, 0.4) is 0 Å². The standard InChI is InChI=1S/C14H16O4/c1-3-10(8-9-13(15)16)11-6-4-5-7-12(11)14(17)18-2/h4-8H,3,9H2,1-2H3,(H,15,16)/b10-8+. The highest BCUT2D eigenvalue weighted by Crippen LogP contribution is 2.23. The van der Waals surface area contributed by atoms with E-state index in [0.717, 1.165) is 11.1 Å². The van der Waals surface area contributed by atoms with E-state index in [9.17, 15) is 9.59 Å². The van der Waals surface area contributed by atoms with Gasteiger partial charge in [-0.2, -0.15) is 0 Å². The van der Waals surface area contributed by atoms with Crippen molar-refractivity contribution in [3.63, 3.8) is 0 Å². The molecule has 4 nitrogen and oxygen atoms in total. The molecule has 0 aliphatic rings. The van der Waals surface area contributed by atoms with Gasteiger partial charge in [0.1, 0.15) is 0 Å². The first kappa shape index (κ1) is 14.0. The Morgan fingerprint density at radius 3 is 2.39 bits per heavy atom. The predicted molar refractivity (Wildman–Crippen MR) is 68.3 cm³/mol. The molecule has 0 aliphatic heterocycles. The number of rotatable bonds is 5.